The summed E-state index contributed by atoms with van der Waals surface area (Å²) in [6, 6.07) is 5.55. The summed E-state index contributed by atoms with van der Waals surface area (Å²) in [7, 11) is 1.51. The number of benzene rings is 1. The van der Waals surface area contributed by atoms with E-state index in [1.54, 1.807) is 12.1 Å². The van der Waals surface area contributed by atoms with Crippen LogP contribution in [0.1, 0.15) is 37.9 Å². The standard InChI is InChI=1S/C17H25N3O2.2ClH/c1-17(2,3)16(20-7-5-19-6-8-20)13-9-12(11-18)10-14(22-4)15(13)21;;/h9-10,16,19,21H,5-8H2,1-4H3;2*1H/t16-;;/m0../s1. The maximum atomic E-state index is 10.6. The van der Waals surface area contributed by atoms with Gasteiger partial charge in [-0.2, -0.15) is 5.26 Å². The lowest BCUT2D eigenvalue weighted by molar-refractivity contribution is 0.0839. The van der Waals surface area contributed by atoms with Gasteiger partial charge in [-0.05, 0) is 11.5 Å². The quantitative estimate of drug-likeness (QED) is 0.849. The fraction of sp³-hybridized carbons (Fsp3) is 0.588. The third-order valence-corrected chi connectivity index (χ3v) is 4.09. The van der Waals surface area contributed by atoms with Crippen molar-refractivity contribution in [2.24, 2.45) is 5.41 Å². The number of halogens is 2. The van der Waals surface area contributed by atoms with Crippen molar-refractivity contribution in [1.29, 1.82) is 5.26 Å². The molecule has 0 unspecified atom stereocenters. The Morgan fingerprint density at radius 2 is 1.83 bits per heavy atom. The lowest BCUT2D eigenvalue weighted by Gasteiger charge is -2.42. The van der Waals surface area contributed by atoms with Crippen LogP contribution in [0.5, 0.6) is 11.5 Å². The van der Waals surface area contributed by atoms with Crippen molar-refractivity contribution in [3.05, 3.63) is 23.3 Å². The summed E-state index contributed by atoms with van der Waals surface area (Å²) < 4.78 is 5.25. The number of hydrogen-bond acceptors (Lipinski definition) is 5. The third kappa shape index (κ3) is 4.90. The summed E-state index contributed by atoms with van der Waals surface area (Å²) in [5, 5.41) is 23.2. The van der Waals surface area contributed by atoms with Crippen LogP contribution in [0.2, 0.25) is 0 Å². The zero-order valence-electron chi connectivity index (χ0n) is 14.6. The van der Waals surface area contributed by atoms with E-state index in [0.29, 0.717) is 11.3 Å². The van der Waals surface area contributed by atoms with Crippen LogP contribution >= 0.6 is 24.8 Å². The topological polar surface area (TPSA) is 68.5 Å². The fourth-order valence-corrected chi connectivity index (χ4v) is 3.21. The smallest absolute Gasteiger partial charge is 0.162 e. The van der Waals surface area contributed by atoms with Gasteiger partial charge in [0.15, 0.2) is 11.5 Å². The fourth-order valence-electron chi connectivity index (χ4n) is 3.21. The number of methoxy groups -OCH3 is 1. The van der Waals surface area contributed by atoms with Crippen molar-refractivity contribution in [3.8, 4) is 17.6 Å². The van der Waals surface area contributed by atoms with E-state index in [4.69, 9.17) is 4.74 Å². The average molecular weight is 376 g/mol. The first-order valence-corrected chi connectivity index (χ1v) is 7.64. The van der Waals surface area contributed by atoms with Gasteiger partial charge in [0.2, 0.25) is 0 Å². The van der Waals surface area contributed by atoms with E-state index in [2.05, 4.69) is 37.1 Å². The molecule has 0 radical (unpaired) electrons. The van der Waals surface area contributed by atoms with Crippen molar-refractivity contribution in [1.82, 2.24) is 10.2 Å². The minimum atomic E-state index is -0.0755. The number of nitrogens with zero attached hydrogens (tertiary/aromatic N) is 2. The van der Waals surface area contributed by atoms with Gasteiger partial charge in [0.1, 0.15) is 0 Å². The summed E-state index contributed by atoms with van der Waals surface area (Å²) >= 11 is 0. The number of piperazine rings is 1. The summed E-state index contributed by atoms with van der Waals surface area (Å²) in [6.45, 7) is 10.2. The molecule has 1 saturated heterocycles. The Hall–Kier alpha value is -1.19. The molecule has 5 nitrogen and oxygen atoms in total. The lowest BCUT2D eigenvalue weighted by atomic mass is 9.80. The Morgan fingerprint density at radius 1 is 1.25 bits per heavy atom. The molecule has 1 fully saturated rings. The molecule has 0 aliphatic carbocycles. The minimum Gasteiger partial charge on any atom is -0.504 e. The molecule has 0 spiro atoms. The number of ether oxygens (including phenoxy) is 1. The zero-order chi connectivity index (χ0) is 16.3. The molecule has 0 bridgehead atoms. The second-order valence-electron chi connectivity index (χ2n) is 6.78. The molecule has 2 N–H and O–H groups in total. The monoisotopic (exact) mass is 375 g/mol. The van der Waals surface area contributed by atoms with Gasteiger partial charge >= 0.3 is 0 Å². The Kier molecular flexibility index (Phi) is 8.87. The SMILES string of the molecule is COc1cc(C#N)cc([C@H](N2CCNCC2)C(C)(C)C)c1O.Cl.Cl. The van der Waals surface area contributed by atoms with Crippen LogP contribution in [0.4, 0.5) is 0 Å². The second kappa shape index (κ2) is 9.33. The van der Waals surface area contributed by atoms with E-state index in [1.165, 1.54) is 7.11 Å². The molecule has 136 valence electrons. The molecule has 1 aromatic rings. The molecule has 0 amide bonds. The Morgan fingerprint density at radius 3 is 2.29 bits per heavy atom. The summed E-state index contributed by atoms with van der Waals surface area (Å²) in [5.41, 5.74) is 1.20. The Bertz CT molecular complexity index is 576. The van der Waals surface area contributed by atoms with Crippen molar-refractivity contribution in [2.45, 2.75) is 26.8 Å². The van der Waals surface area contributed by atoms with E-state index in [-0.39, 0.29) is 42.0 Å². The van der Waals surface area contributed by atoms with Crippen LogP contribution in [0.25, 0.3) is 0 Å². The molecule has 1 aromatic carbocycles. The molecule has 24 heavy (non-hydrogen) atoms. The Balaban J connectivity index is 0.00000264. The molecule has 1 aliphatic rings. The normalized spacial score (nSPS) is 16.3. The summed E-state index contributed by atoms with van der Waals surface area (Å²) in [6.07, 6.45) is 0. The maximum Gasteiger partial charge on any atom is 0.162 e. The number of nitrogens with one attached hydrogen (secondary N) is 1. The van der Waals surface area contributed by atoms with Gasteiger partial charge in [-0.3, -0.25) is 4.90 Å². The van der Waals surface area contributed by atoms with Crippen LogP contribution in [0.3, 0.4) is 0 Å². The highest BCUT2D eigenvalue weighted by Gasteiger charge is 2.35. The molecule has 7 heteroatoms. The predicted octanol–water partition coefficient (Wildman–Crippen LogP) is 3.11. The van der Waals surface area contributed by atoms with Crippen LogP contribution in [-0.4, -0.2) is 43.3 Å². The van der Waals surface area contributed by atoms with Crippen LogP contribution in [-0.2, 0) is 0 Å². The Labute approximate surface area is 156 Å². The van der Waals surface area contributed by atoms with Gasteiger partial charge < -0.3 is 15.2 Å². The lowest BCUT2D eigenvalue weighted by Crippen LogP contribution is -2.48. The van der Waals surface area contributed by atoms with Gasteiger partial charge in [0, 0.05) is 43.9 Å². The molecule has 2 rings (SSSR count). The van der Waals surface area contributed by atoms with Gasteiger partial charge in [-0.15, -0.1) is 24.8 Å². The van der Waals surface area contributed by atoms with E-state index >= 15 is 0 Å². The molecule has 1 heterocycles. The molecular formula is C17H27Cl2N3O2. The molecule has 0 aromatic heterocycles. The number of aromatic hydroxyl groups is 1. The van der Waals surface area contributed by atoms with E-state index in [1.807, 2.05) is 0 Å². The average Bonchev–Trinajstić information content (AvgIpc) is 2.49. The molecule has 0 saturated carbocycles. The predicted molar refractivity (Wildman–Crippen MR) is 101 cm³/mol. The number of nitriles is 1. The van der Waals surface area contributed by atoms with Crippen molar-refractivity contribution in [2.75, 3.05) is 33.3 Å². The summed E-state index contributed by atoms with van der Waals surface area (Å²) in [4.78, 5) is 2.37. The zero-order valence-corrected chi connectivity index (χ0v) is 16.3. The summed E-state index contributed by atoms with van der Waals surface area (Å²) in [5.74, 6) is 0.499. The van der Waals surface area contributed by atoms with Crippen LogP contribution in [0, 0.1) is 16.7 Å². The van der Waals surface area contributed by atoms with E-state index in [0.717, 1.165) is 31.7 Å². The van der Waals surface area contributed by atoms with Gasteiger partial charge in [0.25, 0.3) is 0 Å². The number of phenols is 1. The first kappa shape index (κ1) is 22.8. The molecular weight excluding hydrogens is 349 g/mol. The highest BCUT2D eigenvalue weighted by Crippen LogP contribution is 2.45. The molecule has 1 atom stereocenters. The van der Waals surface area contributed by atoms with Crippen molar-refractivity contribution < 1.29 is 9.84 Å². The third-order valence-electron chi connectivity index (χ3n) is 4.09. The van der Waals surface area contributed by atoms with Crippen LogP contribution in [0.15, 0.2) is 12.1 Å². The maximum absolute atomic E-state index is 10.6. The van der Waals surface area contributed by atoms with Crippen molar-refractivity contribution in [3.63, 3.8) is 0 Å². The van der Waals surface area contributed by atoms with Gasteiger partial charge in [-0.25, -0.2) is 0 Å². The first-order valence-electron chi connectivity index (χ1n) is 7.64. The molecule has 1 aliphatic heterocycles. The highest BCUT2D eigenvalue weighted by molar-refractivity contribution is 5.85. The van der Waals surface area contributed by atoms with Crippen LogP contribution < -0.4 is 10.1 Å². The highest BCUT2D eigenvalue weighted by atomic mass is 35.5. The van der Waals surface area contributed by atoms with E-state index in [9.17, 15) is 10.4 Å². The minimum absolute atomic E-state index is 0. The first-order chi connectivity index (χ1) is 10.4. The van der Waals surface area contributed by atoms with E-state index < -0.39 is 0 Å². The number of hydrogen-bond donors (Lipinski definition) is 2. The number of rotatable bonds is 3. The number of phenolic OH excluding ortho intramolecular Hbond substituents is 1. The second-order valence-corrected chi connectivity index (χ2v) is 6.78. The van der Waals surface area contributed by atoms with Gasteiger partial charge in [0.05, 0.1) is 18.7 Å². The van der Waals surface area contributed by atoms with Gasteiger partial charge in [-0.1, -0.05) is 20.8 Å². The van der Waals surface area contributed by atoms with Crippen molar-refractivity contribution >= 4 is 24.8 Å². The largest absolute Gasteiger partial charge is 0.504 e.